The summed E-state index contributed by atoms with van der Waals surface area (Å²) in [6.45, 7) is 4.04. The van der Waals surface area contributed by atoms with E-state index in [0.717, 1.165) is 5.56 Å². The first kappa shape index (κ1) is 10.4. The van der Waals surface area contributed by atoms with E-state index in [1.165, 1.54) is 4.90 Å². The normalized spacial score (nSPS) is 16.2. The number of carbonyl (C=O) groups is 2. The highest BCUT2D eigenvalue weighted by Gasteiger charge is 2.26. The molecule has 1 saturated heterocycles. The van der Waals surface area contributed by atoms with E-state index in [9.17, 15) is 9.59 Å². The molecule has 0 aliphatic carbocycles. The molecule has 0 unspecified atom stereocenters. The molecule has 1 aliphatic heterocycles. The molecule has 1 N–H and O–H groups in total. The van der Waals surface area contributed by atoms with Crippen LogP contribution in [0, 0.1) is 0 Å². The molecule has 1 aliphatic rings. The van der Waals surface area contributed by atoms with Crippen LogP contribution in [0.4, 0.5) is 0 Å². The number of hydrogen-bond acceptors (Lipinski definition) is 2. The average molecular weight is 216 g/mol. The van der Waals surface area contributed by atoms with Crippen molar-refractivity contribution in [3.63, 3.8) is 0 Å². The number of hydrogen-bond donors (Lipinski definition) is 1. The van der Waals surface area contributed by atoms with Crippen LogP contribution in [-0.2, 0) is 16.1 Å². The van der Waals surface area contributed by atoms with Gasteiger partial charge in [0.05, 0.1) is 5.70 Å². The third-order valence-electron chi connectivity index (χ3n) is 2.39. The molecule has 0 aromatic heterocycles. The quantitative estimate of drug-likeness (QED) is 0.738. The Bertz CT molecular complexity index is 440. The predicted octanol–water partition coefficient (Wildman–Crippen LogP) is 0.659. The lowest BCUT2D eigenvalue weighted by Gasteiger charge is -2.27. The van der Waals surface area contributed by atoms with Gasteiger partial charge >= 0.3 is 0 Å². The first-order chi connectivity index (χ1) is 7.66. The predicted molar refractivity (Wildman–Crippen MR) is 59.1 cm³/mol. The van der Waals surface area contributed by atoms with Gasteiger partial charge in [0.1, 0.15) is 6.54 Å². The highest BCUT2D eigenvalue weighted by Crippen LogP contribution is 2.09. The Morgan fingerprint density at radius 2 is 1.94 bits per heavy atom. The van der Waals surface area contributed by atoms with Gasteiger partial charge < -0.3 is 10.2 Å². The molecule has 4 heteroatoms. The minimum atomic E-state index is -0.219. The maximum atomic E-state index is 11.7. The molecule has 1 fully saturated rings. The number of piperazine rings is 1. The summed E-state index contributed by atoms with van der Waals surface area (Å²) < 4.78 is 0. The Kier molecular flexibility index (Phi) is 2.72. The van der Waals surface area contributed by atoms with Crippen molar-refractivity contribution in [1.82, 2.24) is 10.2 Å². The number of amides is 2. The van der Waals surface area contributed by atoms with Gasteiger partial charge in [0.2, 0.25) is 5.91 Å². The maximum Gasteiger partial charge on any atom is 0.270 e. The second kappa shape index (κ2) is 4.18. The molecule has 1 aromatic rings. The molecule has 0 saturated carbocycles. The van der Waals surface area contributed by atoms with Gasteiger partial charge in [0.15, 0.2) is 0 Å². The van der Waals surface area contributed by atoms with Crippen LogP contribution in [0.2, 0.25) is 0 Å². The Morgan fingerprint density at radius 3 is 2.62 bits per heavy atom. The number of nitrogens with zero attached hydrogens (tertiary/aromatic N) is 1. The van der Waals surface area contributed by atoms with Crippen LogP contribution < -0.4 is 5.32 Å². The molecule has 0 spiro atoms. The van der Waals surface area contributed by atoms with Crippen molar-refractivity contribution in [1.29, 1.82) is 0 Å². The Balaban J connectivity index is 2.12. The van der Waals surface area contributed by atoms with Crippen LogP contribution in [0.15, 0.2) is 42.6 Å². The fourth-order valence-electron chi connectivity index (χ4n) is 1.63. The van der Waals surface area contributed by atoms with E-state index >= 15 is 0 Å². The summed E-state index contributed by atoms with van der Waals surface area (Å²) >= 11 is 0. The van der Waals surface area contributed by atoms with E-state index in [-0.39, 0.29) is 24.1 Å². The van der Waals surface area contributed by atoms with Gasteiger partial charge in [0, 0.05) is 6.54 Å². The molecule has 16 heavy (non-hydrogen) atoms. The molecule has 1 heterocycles. The lowest BCUT2D eigenvalue weighted by Crippen LogP contribution is -2.49. The molecule has 0 bridgehead atoms. The van der Waals surface area contributed by atoms with Crippen LogP contribution in [0.1, 0.15) is 5.56 Å². The second-order valence-electron chi connectivity index (χ2n) is 3.67. The minimum absolute atomic E-state index is 0.0900. The van der Waals surface area contributed by atoms with Gasteiger partial charge in [-0.25, -0.2) is 0 Å². The molecule has 4 nitrogen and oxygen atoms in total. The van der Waals surface area contributed by atoms with Crippen LogP contribution >= 0.6 is 0 Å². The minimum Gasteiger partial charge on any atom is -0.324 e. The van der Waals surface area contributed by atoms with E-state index in [4.69, 9.17) is 0 Å². The summed E-state index contributed by atoms with van der Waals surface area (Å²) in [6.07, 6.45) is 0. The largest absolute Gasteiger partial charge is 0.324 e. The van der Waals surface area contributed by atoms with Gasteiger partial charge in [-0.05, 0) is 5.56 Å². The van der Waals surface area contributed by atoms with Crippen molar-refractivity contribution < 1.29 is 9.59 Å². The molecule has 0 atom stereocenters. The van der Waals surface area contributed by atoms with Crippen LogP contribution in [0.25, 0.3) is 0 Å². The number of nitrogens with one attached hydrogen (secondary N) is 1. The molecular weight excluding hydrogens is 204 g/mol. The van der Waals surface area contributed by atoms with Crippen molar-refractivity contribution in [2.45, 2.75) is 6.54 Å². The van der Waals surface area contributed by atoms with Crippen molar-refractivity contribution in [2.24, 2.45) is 0 Å². The fraction of sp³-hybridized carbons (Fsp3) is 0.167. The smallest absolute Gasteiger partial charge is 0.270 e. The van der Waals surface area contributed by atoms with Crippen molar-refractivity contribution in [3.8, 4) is 0 Å². The van der Waals surface area contributed by atoms with Gasteiger partial charge in [-0.1, -0.05) is 36.9 Å². The van der Waals surface area contributed by atoms with Gasteiger partial charge in [-0.3, -0.25) is 9.59 Å². The van der Waals surface area contributed by atoms with E-state index in [1.807, 2.05) is 30.3 Å². The summed E-state index contributed by atoms with van der Waals surface area (Å²) in [6, 6.07) is 9.55. The van der Waals surface area contributed by atoms with E-state index in [0.29, 0.717) is 6.54 Å². The van der Waals surface area contributed by atoms with Crippen LogP contribution in [-0.4, -0.2) is 23.3 Å². The summed E-state index contributed by atoms with van der Waals surface area (Å²) in [5, 5.41) is 2.42. The van der Waals surface area contributed by atoms with Crippen LogP contribution in [0.3, 0.4) is 0 Å². The molecule has 0 radical (unpaired) electrons. The van der Waals surface area contributed by atoms with E-state index in [2.05, 4.69) is 11.9 Å². The summed E-state index contributed by atoms with van der Waals surface area (Å²) in [5.74, 6) is -0.413. The number of rotatable bonds is 2. The molecule has 82 valence electrons. The molecule has 2 amide bonds. The fourth-order valence-corrected chi connectivity index (χ4v) is 1.63. The summed E-state index contributed by atoms with van der Waals surface area (Å²) in [5.41, 5.74) is 1.14. The standard InChI is InChI=1S/C12H12N2O2/c1-9-12(16)14(8-11(15)13-9)7-10-5-3-2-4-6-10/h2-6H,1,7-8H2,(H,13,15). The Morgan fingerprint density at radius 1 is 1.25 bits per heavy atom. The van der Waals surface area contributed by atoms with Crippen molar-refractivity contribution in [2.75, 3.05) is 6.54 Å². The third kappa shape index (κ3) is 2.11. The lowest BCUT2D eigenvalue weighted by molar-refractivity contribution is -0.137. The highest BCUT2D eigenvalue weighted by atomic mass is 16.2. The van der Waals surface area contributed by atoms with Crippen molar-refractivity contribution in [3.05, 3.63) is 48.2 Å². The lowest BCUT2D eigenvalue weighted by atomic mass is 10.2. The Labute approximate surface area is 93.6 Å². The van der Waals surface area contributed by atoms with Crippen molar-refractivity contribution >= 4 is 11.8 Å². The SMILES string of the molecule is C=C1NC(=O)CN(Cc2ccccc2)C1=O. The summed E-state index contributed by atoms with van der Waals surface area (Å²) in [7, 11) is 0. The number of carbonyl (C=O) groups excluding carboxylic acids is 2. The molecular formula is C12H12N2O2. The van der Waals surface area contributed by atoms with E-state index in [1.54, 1.807) is 0 Å². The highest BCUT2D eigenvalue weighted by molar-refractivity contribution is 6.02. The topological polar surface area (TPSA) is 49.4 Å². The molecule has 1 aromatic carbocycles. The first-order valence-electron chi connectivity index (χ1n) is 4.99. The van der Waals surface area contributed by atoms with E-state index < -0.39 is 0 Å². The first-order valence-corrected chi connectivity index (χ1v) is 4.99. The monoisotopic (exact) mass is 216 g/mol. The second-order valence-corrected chi connectivity index (χ2v) is 3.67. The average Bonchev–Trinajstić information content (AvgIpc) is 2.27. The maximum absolute atomic E-state index is 11.7. The number of benzene rings is 1. The zero-order chi connectivity index (χ0) is 11.5. The Hall–Kier alpha value is -2.10. The summed E-state index contributed by atoms with van der Waals surface area (Å²) in [4.78, 5) is 24.4. The zero-order valence-corrected chi connectivity index (χ0v) is 8.77. The zero-order valence-electron chi connectivity index (χ0n) is 8.77. The van der Waals surface area contributed by atoms with Crippen LogP contribution in [0.5, 0.6) is 0 Å². The van der Waals surface area contributed by atoms with Gasteiger partial charge in [0.25, 0.3) is 5.91 Å². The van der Waals surface area contributed by atoms with Gasteiger partial charge in [-0.2, -0.15) is 0 Å². The molecule has 2 rings (SSSR count). The third-order valence-corrected chi connectivity index (χ3v) is 2.39. The van der Waals surface area contributed by atoms with Gasteiger partial charge in [-0.15, -0.1) is 0 Å².